The lowest BCUT2D eigenvalue weighted by Gasteiger charge is -2.32. The number of benzene rings is 1. The third-order valence-corrected chi connectivity index (χ3v) is 5.40. The van der Waals surface area contributed by atoms with Crippen LogP contribution in [-0.2, 0) is 11.3 Å². The topological polar surface area (TPSA) is 72.3 Å². The zero-order valence-corrected chi connectivity index (χ0v) is 15.4. The van der Waals surface area contributed by atoms with Gasteiger partial charge in [-0.15, -0.1) is 11.8 Å². The number of amides is 1. The first-order chi connectivity index (χ1) is 12.6. The number of carbonyl (C=O) groups is 2. The molecule has 0 spiro atoms. The summed E-state index contributed by atoms with van der Waals surface area (Å²) >= 11 is 1.55. The summed E-state index contributed by atoms with van der Waals surface area (Å²) in [5, 5.41) is 0. The second-order valence-corrected chi connectivity index (χ2v) is 7.12. The molecule has 1 fully saturated rings. The fourth-order valence-electron chi connectivity index (χ4n) is 3.24. The van der Waals surface area contributed by atoms with Crippen molar-refractivity contribution in [3.05, 3.63) is 58.8 Å². The van der Waals surface area contributed by atoms with Crippen molar-refractivity contribution in [1.29, 1.82) is 0 Å². The molecule has 1 saturated heterocycles. The lowest BCUT2D eigenvalue weighted by Crippen LogP contribution is -2.44. The maximum Gasteiger partial charge on any atom is 0.347 e. The van der Waals surface area contributed by atoms with E-state index in [1.165, 1.54) is 10.8 Å². The van der Waals surface area contributed by atoms with E-state index >= 15 is 0 Å². The van der Waals surface area contributed by atoms with E-state index < -0.39 is 5.69 Å². The Kier molecular flexibility index (Phi) is 5.88. The van der Waals surface area contributed by atoms with Gasteiger partial charge in [-0.2, -0.15) is 0 Å². The van der Waals surface area contributed by atoms with Gasteiger partial charge in [0.15, 0.2) is 5.78 Å². The molecule has 2 heterocycles. The Hall–Kier alpha value is -2.41. The maximum absolute atomic E-state index is 12.9. The number of likely N-dealkylation sites (tertiary alicyclic amines) is 1. The molecule has 7 heteroatoms. The fourth-order valence-corrected chi connectivity index (χ4v) is 3.84. The van der Waals surface area contributed by atoms with Crippen LogP contribution in [0.25, 0.3) is 0 Å². The molecule has 1 atom stereocenters. The van der Waals surface area contributed by atoms with Crippen molar-refractivity contribution >= 4 is 23.5 Å². The molecule has 26 heavy (non-hydrogen) atoms. The minimum absolute atomic E-state index is 0.0466. The first-order valence-corrected chi connectivity index (χ1v) is 9.79. The van der Waals surface area contributed by atoms with Gasteiger partial charge in [0.05, 0.1) is 0 Å². The van der Waals surface area contributed by atoms with Gasteiger partial charge < -0.3 is 4.90 Å². The molecule has 0 bridgehead atoms. The minimum Gasteiger partial charge on any atom is -0.340 e. The van der Waals surface area contributed by atoms with E-state index in [0.29, 0.717) is 13.1 Å². The van der Waals surface area contributed by atoms with Crippen molar-refractivity contribution in [3.63, 3.8) is 0 Å². The highest BCUT2D eigenvalue weighted by atomic mass is 32.2. The van der Waals surface area contributed by atoms with E-state index in [4.69, 9.17) is 0 Å². The van der Waals surface area contributed by atoms with Crippen molar-refractivity contribution in [3.8, 4) is 0 Å². The van der Waals surface area contributed by atoms with Crippen LogP contribution in [0.3, 0.4) is 0 Å². The molecule has 3 rings (SSSR count). The average molecular weight is 371 g/mol. The van der Waals surface area contributed by atoms with Crippen molar-refractivity contribution in [2.24, 2.45) is 5.92 Å². The summed E-state index contributed by atoms with van der Waals surface area (Å²) in [7, 11) is 0. The lowest BCUT2D eigenvalue weighted by atomic mass is 9.90. The Morgan fingerprint density at radius 3 is 2.85 bits per heavy atom. The summed E-state index contributed by atoms with van der Waals surface area (Å²) < 4.78 is 1.29. The molecule has 0 saturated carbocycles. The van der Waals surface area contributed by atoms with Crippen LogP contribution in [-0.4, -0.2) is 45.5 Å². The Bertz CT molecular complexity index is 865. The first-order valence-electron chi connectivity index (χ1n) is 8.56. The zero-order chi connectivity index (χ0) is 18.5. The van der Waals surface area contributed by atoms with E-state index in [1.54, 1.807) is 28.9 Å². The quantitative estimate of drug-likeness (QED) is 0.594. The highest BCUT2D eigenvalue weighted by Crippen LogP contribution is 2.26. The van der Waals surface area contributed by atoms with Crippen LogP contribution < -0.4 is 5.69 Å². The van der Waals surface area contributed by atoms with E-state index in [1.807, 2.05) is 30.5 Å². The van der Waals surface area contributed by atoms with Crippen molar-refractivity contribution < 1.29 is 9.59 Å². The second kappa shape index (κ2) is 8.31. The number of piperidine rings is 1. The zero-order valence-electron chi connectivity index (χ0n) is 14.6. The highest BCUT2D eigenvalue weighted by molar-refractivity contribution is 7.98. The van der Waals surface area contributed by atoms with Crippen molar-refractivity contribution in [2.45, 2.75) is 24.3 Å². The molecule has 1 aromatic carbocycles. The van der Waals surface area contributed by atoms with Gasteiger partial charge in [-0.1, -0.05) is 18.2 Å². The monoisotopic (exact) mass is 371 g/mol. The summed E-state index contributed by atoms with van der Waals surface area (Å²) in [6.45, 7) is 0.964. The summed E-state index contributed by atoms with van der Waals surface area (Å²) in [5.41, 5.74) is 0.280. The highest BCUT2D eigenvalue weighted by Gasteiger charge is 2.30. The van der Waals surface area contributed by atoms with Crippen molar-refractivity contribution in [2.75, 3.05) is 19.3 Å². The van der Waals surface area contributed by atoms with Gasteiger partial charge in [-0.25, -0.2) is 9.78 Å². The van der Waals surface area contributed by atoms with Crippen LogP contribution in [0.15, 0.2) is 52.4 Å². The van der Waals surface area contributed by atoms with Gasteiger partial charge in [-0.05, 0) is 31.2 Å². The fraction of sp³-hybridized carbons (Fsp3) is 0.368. The Balaban J connectivity index is 1.71. The Morgan fingerprint density at radius 2 is 2.08 bits per heavy atom. The Morgan fingerprint density at radius 1 is 1.27 bits per heavy atom. The second-order valence-electron chi connectivity index (χ2n) is 6.27. The molecule has 0 radical (unpaired) electrons. The molecule has 2 aromatic rings. The summed E-state index contributed by atoms with van der Waals surface area (Å²) in [5.74, 6) is -0.270. The third kappa shape index (κ3) is 4.04. The smallest absolute Gasteiger partial charge is 0.340 e. The molecule has 1 aromatic heterocycles. The first kappa shape index (κ1) is 18.4. The molecule has 1 aliphatic heterocycles. The van der Waals surface area contributed by atoms with Gasteiger partial charge in [0.2, 0.25) is 5.91 Å². The number of aromatic nitrogens is 2. The largest absolute Gasteiger partial charge is 0.347 e. The normalized spacial score (nSPS) is 17.1. The van der Waals surface area contributed by atoms with Gasteiger partial charge in [0, 0.05) is 41.9 Å². The lowest BCUT2D eigenvalue weighted by molar-refractivity contribution is -0.133. The summed E-state index contributed by atoms with van der Waals surface area (Å²) in [4.78, 5) is 43.5. The minimum atomic E-state index is -0.445. The van der Waals surface area contributed by atoms with Gasteiger partial charge in [0.25, 0.3) is 0 Å². The van der Waals surface area contributed by atoms with Gasteiger partial charge in [-0.3, -0.25) is 14.2 Å². The Labute approximate surface area is 156 Å². The van der Waals surface area contributed by atoms with E-state index in [-0.39, 0.29) is 24.2 Å². The van der Waals surface area contributed by atoms with Gasteiger partial charge in [0.1, 0.15) is 6.54 Å². The van der Waals surface area contributed by atoms with Crippen molar-refractivity contribution in [1.82, 2.24) is 14.5 Å². The van der Waals surface area contributed by atoms with E-state index in [9.17, 15) is 14.4 Å². The predicted octanol–water partition coefficient (Wildman–Crippen LogP) is 2.09. The summed E-state index contributed by atoms with van der Waals surface area (Å²) in [6.07, 6.45) is 6.47. The van der Waals surface area contributed by atoms with Gasteiger partial charge >= 0.3 is 5.69 Å². The average Bonchev–Trinajstić information content (AvgIpc) is 2.69. The number of ketones is 1. The maximum atomic E-state index is 12.9. The summed E-state index contributed by atoms with van der Waals surface area (Å²) in [6, 6.07) is 9.21. The van der Waals surface area contributed by atoms with Crippen LogP contribution in [0.2, 0.25) is 0 Å². The SMILES string of the molecule is CSc1ccccc1C(=O)[C@H]1CCCN(C(=O)Cn2cccnc2=O)C1. The standard InChI is InChI=1S/C19H21N3O3S/c1-26-16-8-3-2-7-15(16)18(24)14-6-4-10-21(12-14)17(23)13-22-11-5-9-20-19(22)25/h2-3,5,7-9,11,14H,4,6,10,12-13H2,1H3/t14-/m0/s1. The third-order valence-electron chi connectivity index (χ3n) is 4.61. The number of hydrogen-bond acceptors (Lipinski definition) is 5. The molecule has 1 amide bonds. The molecule has 6 nitrogen and oxygen atoms in total. The molecular formula is C19H21N3O3S. The number of rotatable bonds is 5. The molecular weight excluding hydrogens is 350 g/mol. The van der Waals surface area contributed by atoms with Crippen LogP contribution in [0.4, 0.5) is 0 Å². The molecule has 0 aliphatic carbocycles. The predicted molar refractivity (Wildman–Crippen MR) is 100 cm³/mol. The number of hydrogen-bond donors (Lipinski definition) is 0. The van der Waals surface area contributed by atoms with Crippen LogP contribution in [0.1, 0.15) is 23.2 Å². The molecule has 136 valence electrons. The number of Topliss-reactive ketones (excluding diaryl/α,β-unsaturated/α-hetero) is 1. The molecule has 1 aliphatic rings. The number of thioether (sulfide) groups is 1. The number of carbonyl (C=O) groups excluding carboxylic acids is 2. The molecule has 0 N–H and O–H groups in total. The van der Waals surface area contributed by atoms with E-state index in [0.717, 1.165) is 23.3 Å². The van der Waals surface area contributed by atoms with Crippen LogP contribution in [0.5, 0.6) is 0 Å². The number of nitrogens with zero attached hydrogens (tertiary/aromatic N) is 3. The van der Waals surface area contributed by atoms with Crippen LogP contribution >= 0.6 is 11.8 Å². The van der Waals surface area contributed by atoms with Crippen LogP contribution in [0, 0.1) is 5.92 Å². The van der Waals surface area contributed by atoms with E-state index in [2.05, 4.69) is 4.98 Å². The molecule has 0 unspecified atom stereocenters.